The van der Waals surface area contributed by atoms with Crippen molar-refractivity contribution in [1.82, 2.24) is 4.98 Å². The van der Waals surface area contributed by atoms with Crippen LogP contribution in [0.15, 0.2) is 32.3 Å². The lowest BCUT2D eigenvalue weighted by molar-refractivity contribution is -0.116. The Labute approximate surface area is 102 Å². The molecule has 1 aromatic carbocycles. The summed E-state index contributed by atoms with van der Waals surface area (Å²) in [6, 6.07) is 5.40. The van der Waals surface area contributed by atoms with Gasteiger partial charge in [-0.05, 0) is 31.4 Å². The molecule has 0 saturated heterocycles. The second-order valence-electron chi connectivity index (χ2n) is 3.66. The highest BCUT2D eigenvalue weighted by Crippen LogP contribution is 2.18. The zero-order chi connectivity index (χ0) is 12.4. The Kier molecular flexibility index (Phi) is 3.28. The molecule has 88 valence electrons. The molecule has 2 rings (SSSR count). The van der Waals surface area contributed by atoms with E-state index in [-0.39, 0.29) is 18.1 Å². The molecule has 0 saturated carbocycles. The van der Waals surface area contributed by atoms with Gasteiger partial charge in [0.05, 0.1) is 17.3 Å². The zero-order valence-electron chi connectivity index (χ0n) is 9.52. The van der Waals surface area contributed by atoms with E-state index in [4.69, 9.17) is 4.42 Å². The Hall–Kier alpha value is -1.62. The Morgan fingerprint density at radius 2 is 2.24 bits per heavy atom. The highest BCUT2D eigenvalue weighted by atomic mass is 32.2. The van der Waals surface area contributed by atoms with Gasteiger partial charge in [0.15, 0.2) is 0 Å². The van der Waals surface area contributed by atoms with Crippen LogP contribution in [0.2, 0.25) is 0 Å². The van der Waals surface area contributed by atoms with Crippen LogP contribution >= 0.6 is 11.8 Å². The number of benzene rings is 1. The van der Waals surface area contributed by atoms with Gasteiger partial charge in [0.25, 0.3) is 0 Å². The van der Waals surface area contributed by atoms with E-state index in [1.807, 2.05) is 12.3 Å². The summed E-state index contributed by atoms with van der Waals surface area (Å²) in [6.07, 6.45) is 1.98. The summed E-state index contributed by atoms with van der Waals surface area (Å²) in [6.45, 7) is 1.43. The molecule has 5 heteroatoms. The lowest BCUT2D eigenvalue weighted by atomic mass is 10.2. The van der Waals surface area contributed by atoms with E-state index in [1.165, 1.54) is 6.92 Å². The minimum absolute atomic E-state index is 0.0511. The second-order valence-corrected chi connectivity index (χ2v) is 4.54. The van der Waals surface area contributed by atoms with E-state index in [1.54, 1.807) is 23.9 Å². The number of fused-ring (bicyclic) bond motifs is 1. The monoisotopic (exact) mass is 249 g/mol. The molecular weight excluding hydrogens is 238 g/mol. The number of aromatic nitrogens is 1. The van der Waals surface area contributed by atoms with Gasteiger partial charge >= 0.3 is 5.63 Å². The number of carbonyl (C=O) groups excluding carboxylic acids is 1. The van der Waals surface area contributed by atoms with Crippen molar-refractivity contribution in [3.05, 3.63) is 34.5 Å². The summed E-state index contributed by atoms with van der Waals surface area (Å²) >= 11 is 1.54. The molecule has 1 aromatic heterocycles. The number of hydrogen-bond acceptors (Lipinski definition) is 5. The molecule has 0 aliphatic heterocycles. The average Bonchev–Trinajstić information content (AvgIpc) is 2.28. The third kappa shape index (κ3) is 2.55. The summed E-state index contributed by atoms with van der Waals surface area (Å²) in [7, 11) is 0. The first-order valence-electron chi connectivity index (χ1n) is 5.07. The average molecular weight is 249 g/mol. The molecule has 0 aliphatic rings. The van der Waals surface area contributed by atoms with Crippen LogP contribution in [0.25, 0.3) is 10.9 Å². The molecule has 2 aromatic rings. The number of thioether (sulfide) groups is 1. The maximum Gasteiger partial charge on any atom is 0.346 e. The van der Waals surface area contributed by atoms with E-state index in [0.717, 1.165) is 4.90 Å². The summed E-state index contributed by atoms with van der Waals surface area (Å²) in [5.41, 5.74) is 0.123. The highest BCUT2D eigenvalue weighted by molar-refractivity contribution is 7.98. The second kappa shape index (κ2) is 4.71. The Balaban J connectivity index is 2.59. The molecule has 1 heterocycles. The standard InChI is InChI=1S/C12H11NO3S/c1-7(14)5-11-13-10-4-3-8(17-2)6-9(10)12(15)16-11/h3-4,6H,5H2,1-2H3. The van der Waals surface area contributed by atoms with Crippen LogP contribution < -0.4 is 5.63 Å². The van der Waals surface area contributed by atoms with Crippen molar-refractivity contribution in [3.8, 4) is 0 Å². The maximum absolute atomic E-state index is 11.7. The van der Waals surface area contributed by atoms with Gasteiger partial charge in [-0.25, -0.2) is 9.78 Å². The van der Waals surface area contributed by atoms with E-state index in [9.17, 15) is 9.59 Å². The molecule has 0 atom stereocenters. The third-order valence-corrected chi connectivity index (χ3v) is 3.00. The molecule has 0 N–H and O–H groups in total. The maximum atomic E-state index is 11.7. The van der Waals surface area contributed by atoms with Gasteiger partial charge in [-0.3, -0.25) is 4.79 Å². The summed E-state index contributed by atoms with van der Waals surface area (Å²) in [5, 5.41) is 0.448. The summed E-state index contributed by atoms with van der Waals surface area (Å²) in [5.74, 6) is 0.0904. The fourth-order valence-electron chi connectivity index (χ4n) is 1.51. The molecule has 0 radical (unpaired) electrons. The van der Waals surface area contributed by atoms with E-state index in [2.05, 4.69) is 4.98 Å². The summed E-state index contributed by atoms with van der Waals surface area (Å²) in [4.78, 5) is 27.8. The van der Waals surface area contributed by atoms with Crippen molar-refractivity contribution in [3.63, 3.8) is 0 Å². The minimum atomic E-state index is -0.442. The topological polar surface area (TPSA) is 60.2 Å². The van der Waals surface area contributed by atoms with Crippen molar-refractivity contribution in [2.45, 2.75) is 18.2 Å². The number of ketones is 1. The van der Waals surface area contributed by atoms with Crippen LogP contribution in [-0.2, 0) is 11.2 Å². The molecule has 0 aliphatic carbocycles. The molecule has 0 bridgehead atoms. The first-order valence-corrected chi connectivity index (χ1v) is 6.30. The molecular formula is C12H11NO3S. The smallest absolute Gasteiger partial charge is 0.346 e. The molecule has 0 fully saturated rings. The fourth-order valence-corrected chi connectivity index (χ4v) is 1.95. The van der Waals surface area contributed by atoms with E-state index < -0.39 is 5.63 Å². The molecule has 0 spiro atoms. The zero-order valence-corrected chi connectivity index (χ0v) is 10.3. The predicted octanol–water partition coefficient (Wildman–Crippen LogP) is 2.04. The largest absolute Gasteiger partial charge is 0.407 e. The lowest BCUT2D eigenvalue weighted by Gasteiger charge is -2.01. The van der Waals surface area contributed by atoms with Gasteiger partial charge in [0.2, 0.25) is 5.89 Å². The van der Waals surface area contributed by atoms with Gasteiger partial charge < -0.3 is 4.42 Å². The van der Waals surface area contributed by atoms with Gasteiger partial charge in [-0.2, -0.15) is 0 Å². The van der Waals surface area contributed by atoms with Gasteiger partial charge in [-0.1, -0.05) is 0 Å². The Morgan fingerprint density at radius 1 is 1.47 bits per heavy atom. The van der Waals surface area contributed by atoms with E-state index >= 15 is 0 Å². The molecule has 0 unspecified atom stereocenters. The fraction of sp³-hybridized carbons (Fsp3) is 0.250. The number of nitrogens with zero attached hydrogens (tertiary/aromatic N) is 1. The minimum Gasteiger partial charge on any atom is -0.407 e. The molecule has 0 amide bonds. The first kappa shape index (κ1) is 11.9. The predicted molar refractivity (Wildman–Crippen MR) is 66.4 cm³/mol. The van der Waals surface area contributed by atoms with Crippen LogP contribution in [0.1, 0.15) is 12.8 Å². The number of Topliss-reactive ketones (excluding diaryl/α,β-unsaturated/α-hetero) is 1. The van der Waals surface area contributed by atoms with Gasteiger partial charge in [0, 0.05) is 4.90 Å². The van der Waals surface area contributed by atoms with Crippen LogP contribution in [0.3, 0.4) is 0 Å². The Bertz CT molecular complexity index is 633. The van der Waals surface area contributed by atoms with Crippen molar-refractivity contribution in [2.75, 3.05) is 6.26 Å². The van der Waals surface area contributed by atoms with Crippen molar-refractivity contribution in [2.24, 2.45) is 0 Å². The van der Waals surface area contributed by atoms with Crippen LogP contribution in [0.4, 0.5) is 0 Å². The van der Waals surface area contributed by atoms with E-state index in [0.29, 0.717) is 10.9 Å². The summed E-state index contributed by atoms with van der Waals surface area (Å²) < 4.78 is 5.00. The number of carbonyl (C=O) groups is 1. The number of hydrogen-bond donors (Lipinski definition) is 0. The first-order chi connectivity index (χ1) is 8.10. The number of rotatable bonds is 3. The lowest BCUT2D eigenvalue weighted by Crippen LogP contribution is -2.08. The van der Waals surface area contributed by atoms with Crippen molar-refractivity contribution >= 4 is 28.4 Å². The SMILES string of the molecule is CSc1ccc2nc(CC(C)=O)oc(=O)c2c1. The van der Waals surface area contributed by atoms with Crippen molar-refractivity contribution in [1.29, 1.82) is 0 Å². The molecule has 4 nitrogen and oxygen atoms in total. The third-order valence-electron chi connectivity index (χ3n) is 2.28. The van der Waals surface area contributed by atoms with Crippen molar-refractivity contribution < 1.29 is 9.21 Å². The van der Waals surface area contributed by atoms with Crippen LogP contribution in [0.5, 0.6) is 0 Å². The van der Waals surface area contributed by atoms with Gasteiger partial charge in [0.1, 0.15) is 5.78 Å². The van der Waals surface area contributed by atoms with Crippen LogP contribution in [-0.4, -0.2) is 17.0 Å². The quantitative estimate of drug-likeness (QED) is 0.779. The Morgan fingerprint density at radius 3 is 2.88 bits per heavy atom. The normalized spacial score (nSPS) is 10.7. The highest BCUT2D eigenvalue weighted by Gasteiger charge is 2.08. The van der Waals surface area contributed by atoms with Crippen LogP contribution in [0, 0.1) is 0 Å². The van der Waals surface area contributed by atoms with Gasteiger partial charge in [-0.15, -0.1) is 11.8 Å². The molecule has 17 heavy (non-hydrogen) atoms.